The summed E-state index contributed by atoms with van der Waals surface area (Å²) in [6, 6.07) is 12.7. The molecule has 2 aromatic carbocycles. The number of imide groups is 1. The van der Waals surface area contributed by atoms with Crippen LogP contribution in [0, 0.1) is 12.7 Å². The SMILES string of the molecule is Cc1ccc(C(=O)N2CCN(CC(=O)NC(=O)Nc3ccccc3)CC2)cc1F. The second-order valence-electron chi connectivity index (χ2n) is 6.90. The molecular formula is C21H23FN4O3. The third kappa shape index (κ3) is 5.61. The quantitative estimate of drug-likeness (QED) is 0.828. The van der Waals surface area contributed by atoms with E-state index < -0.39 is 17.8 Å². The van der Waals surface area contributed by atoms with Gasteiger partial charge >= 0.3 is 6.03 Å². The highest BCUT2D eigenvalue weighted by Gasteiger charge is 2.24. The lowest BCUT2D eigenvalue weighted by atomic mass is 10.1. The molecule has 0 bridgehead atoms. The number of piperazine rings is 1. The number of carbonyl (C=O) groups is 3. The van der Waals surface area contributed by atoms with Crippen molar-refractivity contribution in [2.45, 2.75) is 6.92 Å². The maximum Gasteiger partial charge on any atom is 0.325 e. The van der Waals surface area contributed by atoms with Crippen molar-refractivity contribution in [3.63, 3.8) is 0 Å². The first-order valence-electron chi connectivity index (χ1n) is 9.36. The molecule has 4 amide bonds. The Balaban J connectivity index is 1.44. The summed E-state index contributed by atoms with van der Waals surface area (Å²) in [7, 11) is 0. The second kappa shape index (κ2) is 9.29. The molecule has 1 saturated heterocycles. The average molecular weight is 398 g/mol. The molecule has 0 spiro atoms. The zero-order valence-corrected chi connectivity index (χ0v) is 16.2. The van der Waals surface area contributed by atoms with Gasteiger partial charge in [0.2, 0.25) is 5.91 Å². The molecule has 29 heavy (non-hydrogen) atoms. The van der Waals surface area contributed by atoms with E-state index in [0.717, 1.165) is 0 Å². The van der Waals surface area contributed by atoms with Gasteiger partial charge in [0, 0.05) is 37.4 Å². The van der Waals surface area contributed by atoms with E-state index in [9.17, 15) is 18.8 Å². The van der Waals surface area contributed by atoms with E-state index in [2.05, 4.69) is 10.6 Å². The first-order valence-corrected chi connectivity index (χ1v) is 9.36. The Morgan fingerprint density at radius 2 is 1.69 bits per heavy atom. The molecule has 0 aliphatic carbocycles. The molecule has 0 atom stereocenters. The van der Waals surface area contributed by atoms with Gasteiger partial charge in [-0.1, -0.05) is 24.3 Å². The number of nitrogens with zero attached hydrogens (tertiary/aromatic N) is 2. The summed E-state index contributed by atoms with van der Waals surface area (Å²) < 4.78 is 13.7. The maximum absolute atomic E-state index is 13.7. The van der Waals surface area contributed by atoms with Crippen molar-refractivity contribution < 1.29 is 18.8 Å². The zero-order valence-electron chi connectivity index (χ0n) is 16.2. The second-order valence-corrected chi connectivity index (χ2v) is 6.90. The van der Waals surface area contributed by atoms with Crippen molar-refractivity contribution in [3.05, 3.63) is 65.5 Å². The zero-order chi connectivity index (χ0) is 20.8. The fraction of sp³-hybridized carbons (Fsp3) is 0.286. The van der Waals surface area contributed by atoms with Crippen LogP contribution in [0.4, 0.5) is 14.9 Å². The molecule has 1 aliphatic heterocycles. The van der Waals surface area contributed by atoms with Crippen LogP contribution in [0.3, 0.4) is 0 Å². The van der Waals surface area contributed by atoms with Gasteiger partial charge in [-0.05, 0) is 36.8 Å². The summed E-state index contributed by atoms with van der Waals surface area (Å²) in [5.74, 6) is -1.05. The lowest BCUT2D eigenvalue weighted by molar-refractivity contribution is -0.121. The molecule has 2 N–H and O–H groups in total. The van der Waals surface area contributed by atoms with E-state index in [0.29, 0.717) is 43.0 Å². The van der Waals surface area contributed by atoms with Crippen molar-refractivity contribution in [1.82, 2.24) is 15.1 Å². The number of para-hydroxylation sites is 1. The van der Waals surface area contributed by atoms with Gasteiger partial charge in [0.05, 0.1) is 6.54 Å². The van der Waals surface area contributed by atoms with Gasteiger partial charge in [0.25, 0.3) is 5.91 Å². The topological polar surface area (TPSA) is 81.8 Å². The van der Waals surface area contributed by atoms with E-state index in [1.54, 1.807) is 48.2 Å². The highest BCUT2D eigenvalue weighted by molar-refractivity contribution is 6.01. The summed E-state index contributed by atoms with van der Waals surface area (Å²) >= 11 is 0. The van der Waals surface area contributed by atoms with Gasteiger partial charge in [-0.3, -0.25) is 19.8 Å². The van der Waals surface area contributed by atoms with Crippen LogP contribution in [-0.4, -0.2) is 60.4 Å². The fourth-order valence-electron chi connectivity index (χ4n) is 3.07. The number of hydrogen-bond acceptors (Lipinski definition) is 4. The Kier molecular flexibility index (Phi) is 6.56. The summed E-state index contributed by atoms with van der Waals surface area (Å²) in [6.45, 7) is 3.55. The molecule has 3 rings (SSSR count). The first-order chi connectivity index (χ1) is 13.9. The molecule has 2 aromatic rings. The third-order valence-corrected chi connectivity index (χ3v) is 4.73. The largest absolute Gasteiger partial charge is 0.336 e. The number of hydrogen-bond donors (Lipinski definition) is 2. The average Bonchev–Trinajstić information content (AvgIpc) is 2.70. The Hall–Kier alpha value is -3.26. The van der Waals surface area contributed by atoms with Crippen LogP contribution in [0.5, 0.6) is 0 Å². The van der Waals surface area contributed by atoms with Gasteiger partial charge in [-0.15, -0.1) is 0 Å². The predicted molar refractivity (Wildman–Crippen MR) is 107 cm³/mol. The van der Waals surface area contributed by atoms with Crippen LogP contribution >= 0.6 is 0 Å². The third-order valence-electron chi connectivity index (χ3n) is 4.73. The molecule has 0 radical (unpaired) electrons. The van der Waals surface area contributed by atoms with Crippen molar-refractivity contribution in [2.75, 3.05) is 38.0 Å². The Morgan fingerprint density at radius 1 is 1.00 bits per heavy atom. The van der Waals surface area contributed by atoms with Crippen LogP contribution in [0.25, 0.3) is 0 Å². The highest BCUT2D eigenvalue weighted by Crippen LogP contribution is 2.13. The van der Waals surface area contributed by atoms with Gasteiger partial charge in [-0.25, -0.2) is 9.18 Å². The number of urea groups is 1. The van der Waals surface area contributed by atoms with Crippen LogP contribution in [0.2, 0.25) is 0 Å². The molecule has 1 fully saturated rings. The van der Waals surface area contributed by atoms with Crippen LogP contribution in [0.15, 0.2) is 48.5 Å². The Labute approximate surface area is 168 Å². The summed E-state index contributed by atoms with van der Waals surface area (Å²) in [5, 5.41) is 4.88. The Bertz CT molecular complexity index is 896. The molecule has 0 unspecified atom stereocenters. The van der Waals surface area contributed by atoms with E-state index >= 15 is 0 Å². The van der Waals surface area contributed by atoms with Crippen molar-refractivity contribution in [1.29, 1.82) is 0 Å². The number of amides is 4. The predicted octanol–water partition coefficient (Wildman–Crippen LogP) is 2.24. The number of benzene rings is 2. The lowest BCUT2D eigenvalue weighted by Gasteiger charge is -2.34. The molecule has 7 nitrogen and oxygen atoms in total. The minimum atomic E-state index is -0.587. The van der Waals surface area contributed by atoms with Gasteiger partial charge < -0.3 is 10.2 Å². The van der Waals surface area contributed by atoms with E-state index in [1.165, 1.54) is 6.07 Å². The molecule has 1 heterocycles. The van der Waals surface area contributed by atoms with E-state index in [1.807, 2.05) is 11.0 Å². The van der Waals surface area contributed by atoms with E-state index in [-0.39, 0.29) is 12.5 Å². The summed E-state index contributed by atoms with van der Waals surface area (Å²) in [6.07, 6.45) is 0. The van der Waals surface area contributed by atoms with Gasteiger partial charge in [0.15, 0.2) is 0 Å². The molecule has 152 valence electrons. The minimum Gasteiger partial charge on any atom is -0.336 e. The minimum absolute atomic E-state index is 0.0589. The summed E-state index contributed by atoms with van der Waals surface area (Å²) in [5.41, 5.74) is 1.41. The maximum atomic E-state index is 13.7. The number of rotatable bonds is 4. The number of aryl methyl sites for hydroxylation is 1. The monoisotopic (exact) mass is 398 g/mol. The molecule has 0 saturated carbocycles. The molecule has 0 aromatic heterocycles. The van der Waals surface area contributed by atoms with E-state index in [4.69, 9.17) is 0 Å². The lowest BCUT2D eigenvalue weighted by Crippen LogP contribution is -2.51. The first kappa shape index (κ1) is 20.5. The van der Waals surface area contributed by atoms with Crippen molar-refractivity contribution >= 4 is 23.5 Å². The van der Waals surface area contributed by atoms with Crippen LogP contribution in [0.1, 0.15) is 15.9 Å². The summed E-state index contributed by atoms with van der Waals surface area (Å²) in [4.78, 5) is 40.0. The smallest absolute Gasteiger partial charge is 0.325 e. The van der Waals surface area contributed by atoms with Gasteiger partial charge in [0.1, 0.15) is 5.82 Å². The molecular weight excluding hydrogens is 375 g/mol. The number of nitrogens with one attached hydrogen (secondary N) is 2. The van der Waals surface area contributed by atoms with Crippen LogP contribution in [-0.2, 0) is 4.79 Å². The highest BCUT2D eigenvalue weighted by atomic mass is 19.1. The van der Waals surface area contributed by atoms with Crippen molar-refractivity contribution in [2.24, 2.45) is 0 Å². The molecule has 8 heteroatoms. The Morgan fingerprint density at radius 3 is 2.34 bits per heavy atom. The van der Waals surface area contributed by atoms with Crippen molar-refractivity contribution in [3.8, 4) is 0 Å². The molecule has 1 aliphatic rings. The number of halogens is 1. The standard InChI is InChI=1S/C21H23FN4O3/c1-15-7-8-16(13-18(15)22)20(28)26-11-9-25(10-12-26)14-19(27)24-21(29)23-17-5-3-2-4-6-17/h2-8,13H,9-12,14H2,1H3,(H2,23,24,27,29). The van der Waals surface area contributed by atoms with Gasteiger partial charge in [-0.2, -0.15) is 0 Å². The normalized spacial score (nSPS) is 14.3. The number of carbonyl (C=O) groups excluding carboxylic acids is 3. The van der Waals surface area contributed by atoms with Crippen LogP contribution < -0.4 is 10.6 Å². The number of anilines is 1. The fourth-order valence-corrected chi connectivity index (χ4v) is 3.07.